The van der Waals surface area contributed by atoms with Crippen LogP contribution in [-0.2, 0) is 17.6 Å². The molecule has 4 nitrogen and oxygen atoms in total. The molecule has 2 unspecified atom stereocenters. The summed E-state index contributed by atoms with van der Waals surface area (Å²) in [6.45, 7) is 1.79. The van der Waals surface area contributed by atoms with Crippen molar-refractivity contribution >= 4 is 5.97 Å². The first-order valence-electron chi connectivity index (χ1n) is 4.92. The summed E-state index contributed by atoms with van der Waals surface area (Å²) in [7, 11) is 0. The molecule has 0 aromatic carbocycles. The lowest BCUT2D eigenvalue weighted by Gasteiger charge is -2.24. The molecule has 1 aliphatic rings. The van der Waals surface area contributed by atoms with Gasteiger partial charge in [-0.1, -0.05) is 6.92 Å². The van der Waals surface area contributed by atoms with E-state index < -0.39 is 5.97 Å². The third-order valence-electron chi connectivity index (χ3n) is 3.15. The number of fused-ring (bicyclic) bond motifs is 1. The summed E-state index contributed by atoms with van der Waals surface area (Å²) in [6.07, 6.45) is 4.58. The van der Waals surface area contributed by atoms with Crippen LogP contribution < -0.4 is 0 Å². The molecule has 1 aromatic heterocycles. The Hall–Kier alpha value is -1.32. The number of nitrogens with one attached hydrogen (secondary N) is 1. The van der Waals surface area contributed by atoms with Gasteiger partial charge in [0.1, 0.15) is 0 Å². The number of carbonyl (C=O) groups is 1. The van der Waals surface area contributed by atoms with E-state index in [0.717, 1.165) is 25.0 Å². The van der Waals surface area contributed by atoms with Gasteiger partial charge in [-0.05, 0) is 30.7 Å². The van der Waals surface area contributed by atoms with Crippen LogP contribution in [0.1, 0.15) is 24.6 Å². The second kappa shape index (κ2) is 3.44. The smallest absolute Gasteiger partial charge is 0.306 e. The number of hydrogen-bond acceptors (Lipinski definition) is 2. The third-order valence-corrected chi connectivity index (χ3v) is 3.15. The maximum atomic E-state index is 10.8. The van der Waals surface area contributed by atoms with Crippen molar-refractivity contribution in [2.24, 2.45) is 11.8 Å². The summed E-state index contributed by atoms with van der Waals surface area (Å²) in [5.74, 6) is -0.704. The van der Waals surface area contributed by atoms with Crippen molar-refractivity contribution in [1.29, 1.82) is 0 Å². The fourth-order valence-electron chi connectivity index (χ4n) is 2.06. The first kappa shape index (κ1) is 9.24. The van der Waals surface area contributed by atoms with Gasteiger partial charge >= 0.3 is 5.97 Å². The molecule has 2 N–H and O–H groups in total. The second-order valence-electron chi connectivity index (χ2n) is 4.00. The molecule has 0 radical (unpaired) electrons. The summed E-state index contributed by atoms with van der Waals surface area (Å²) >= 11 is 0. The third kappa shape index (κ3) is 1.52. The summed E-state index contributed by atoms with van der Waals surface area (Å²) in [4.78, 5) is 10.8. The summed E-state index contributed by atoms with van der Waals surface area (Å²) < 4.78 is 0. The molecule has 0 amide bonds. The van der Waals surface area contributed by atoms with Crippen LogP contribution in [0.5, 0.6) is 0 Å². The van der Waals surface area contributed by atoms with E-state index in [2.05, 4.69) is 10.2 Å². The molecular formula is C10H14N2O2. The molecule has 2 rings (SSSR count). The van der Waals surface area contributed by atoms with Gasteiger partial charge in [0.2, 0.25) is 0 Å². The number of rotatable bonds is 2. The van der Waals surface area contributed by atoms with E-state index >= 15 is 0 Å². The van der Waals surface area contributed by atoms with Crippen LogP contribution in [0, 0.1) is 11.8 Å². The average Bonchev–Trinajstić information content (AvgIpc) is 2.62. The Labute approximate surface area is 82.3 Å². The Balaban J connectivity index is 2.11. The molecule has 14 heavy (non-hydrogen) atoms. The maximum Gasteiger partial charge on any atom is 0.306 e. The van der Waals surface area contributed by atoms with E-state index in [9.17, 15) is 4.79 Å². The minimum absolute atomic E-state index is 0.250. The summed E-state index contributed by atoms with van der Waals surface area (Å²) in [5, 5.41) is 15.8. The number of aromatic amines is 1. The van der Waals surface area contributed by atoms with Gasteiger partial charge < -0.3 is 5.11 Å². The largest absolute Gasteiger partial charge is 0.481 e. The highest BCUT2D eigenvalue weighted by Gasteiger charge is 2.28. The SMILES string of the molecule is CC(C(=O)O)C1CCc2cn[nH]c2C1. The number of aryl methyl sites for hydroxylation is 1. The number of hydrogen-bond donors (Lipinski definition) is 2. The number of H-pyrrole nitrogens is 1. The van der Waals surface area contributed by atoms with Crippen LogP contribution in [0.4, 0.5) is 0 Å². The minimum Gasteiger partial charge on any atom is -0.481 e. The van der Waals surface area contributed by atoms with Crippen molar-refractivity contribution in [3.8, 4) is 0 Å². The maximum absolute atomic E-state index is 10.8. The molecule has 0 spiro atoms. The highest BCUT2D eigenvalue weighted by molar-refractivity contribution is 5.70. The molecule has 1 aliphatic carbocycles. The fourth-order valence-corrected chi connectivity index (χ4v) is 2.06. The summed E-state index contributed by atoms with van der Waals surface area (Å²) in [6, 6.07) is 0. The quantitative estimate of drug-likeness (QED) is 0.744. The molecule has 76 valence electrons. The topological polar surface area (TPSA) is 66.0 Å². The Morgan fingerprint density at radius 1 is 1.79 bits per heavy atom. The van der Waals surface area contributed by atoms with Crippen LogP contribution in [0.2, 0.25) is 0 Å². The number of aromatic nitrogens is 2. The molecule has 0 saturated carbocycles. The molecule has 0 bridgehead atoms. The lowest BCUT2D eigenvalue weighted by molar-refractivity contribution is -0.143. The first-order valence-corrected chi connectivity index (χ1v) is 4.92. The molecule has 0 aliphatic heterocycles. The molecule has 1 aromatic rings. The van der Waals surface area contributed by atoms with Gasteiger partial charge in [-0.2, -0.15) is 5.10 Å². The predicted octanol–water partition coefficient (Wildman–Crippen LogP) is 1.24. The van der Waals surface area contributed by atoms with Crippen molar-refractivity contribution in [3.05, 3.63) is 17.5 Å². The predicted molar refractivity (Wildman–Crippen MR) is 50.9 cm³/mol. The molecule has 0 fully saturated rings. The van der Waals surface area contributed by atoms with Crippen LogP contribution in [0.3, 0.4) is 0 Å². The van der Waals surface area contributed by atoms with E-state index in [-0.39, 0.29) is 11.8 Å². The van der Waals surface area contributed by atoms with Crippen molar-refractivity contribution in [2.45, 2.75) is 26.2 Å². The van der Waals surface area contributed by atoms with Crippen molar-refractivity contribution in [2.75, 3.05) is 0 Å². The first-order chi connectivity index (χ1) is 6.68. The fraction of sp³-hybridized carbons (Fsp3) is 0.600. The zero-order chi connectivity index (χ0) is 10.1. The van der Waals surface area contributed by atoms with Crippen molar-refractivity contribution in [3.63, 3.8) is 0 Å². The number of carboxylic acid groups (broad SMARTS) is 1. The zero-order valence-electron chi connectivity index (χ0n) is 8.16. The Bertz CT molecular complexity index is 346. The van der Waals surface area contributed by atoms with Gasteiger partial charge in [0.05, 0.1) is 12.1 Å². The van der Waals surface area contributed by atoms with Crippen LogP contribution >= 0.6 is 0 Å². The van der Waals surface area contributed by atoms with Gasteiger partial charge in [0, 0.05) is 5.69 Å². The van der Waals surface area contributed by atoms with Gasteiger partial charge in [0.15, 0.2) is 0 Å². The number of aliphatic carboxylic acids is 1. The van der Waals surface area contributed by atoms with E-state index in [1.54, 1.807) is 6.92 Å². The second-order valence-corrected chi connectivity index (χ2v) is 4.00. The molecule has 4 heteroatoms. The van der Waals surface area contributed by atoms with Crippen LogP contribution in [0.25, 0.3) is 0 Å². The zero-order valence-corrected chi connectivity index (χ0v) is 8.16. The Kier molecular flexibility index (Phi) is 2.27. The van der Waals surface area contributed by atoms with E-state index in [4.69, 9.17) is 5.11 Å². The van der Waals surface area contributed by atoms with Crippen molar-refractivity contribution in [1.82, 2.24) is 10.2 Å². The molecule has 1 heterocycles. The van der Waals surface area contributed by atoms with Gasteiger partial charge in [-0.3, -0.25) is 9.89 Å². The van der Waals surface area contributed by atoms with Crippen molar-refractivity contribution < 1.29 is 9.90 Å². The minimum atomic E-state index is -0.696. The molecule has 2 atom stereocenters. The Morgan fingerprint density at radius 3 is 3.29 bits per heavy atom. The standard InChI is InChI=1S/C10H14N2O2/c1-6(10(13)14)7-2-3-8-5-11-12-9(8)4-7/h5-7H,2-4H2,1H3,(H,11,12)(H,13,14). The lowest BCUT2D eigenvalue weighted by Crippen LogP contribution is -2.26. The van der Waals surface area contributed by atoms with E-state index in [0.29, 0.717) is 0 Å². The normalized spacial score (nSPS) is 22.8. The lowest BCUT2D eigenvalue weighted by atomic mass is 9.80. The van der Waals surface area contributed by atoms with E-state index in [1.807, 2.05) is 6.20 Å². The van der Waals surface area contributed by atoms with Gasteiger partial charge in [0.25, 0.3) is 0 Å². The van der Waals surface area contributed by atoms with Gasteiger partial charge in [-0.15, -0.1) is 0 Å². The van der Waals surface area contributed by atoms with E-state index in [1.165, 1.54) is 5.56 Å². The van der Waals surface area contributed by atoms with Crippen LogP contribution in [-0.4, -0.2) is 21.3 Å². The van der Waals surface area contributed by atoms with Gasteiger partial charge in [-0.25, -0.2) is 0 Å². The number of nitrogens with zero attached hydrogens (tertiary/aromatic N) is 1. The monoisotopic (exact) mass is 194 g/mol. The molecular weight excluding hydrogens is 180 g/mol. The highest BCUT2D eigenvalue weighted by Crippen LogP contribution is 2.28. The molecule has 0 saturated heterocycles. The average molecular weight is 194 g/mol. The summed E-state index contributed by atoms with van der Waals surface area (Å²) in [5.41, 5.74) is 2.37. The highest BCUT2D eigenvalue weighted by atomic mass is 16.4. The Morgan fingerprint density at radius 2 is 2.57 bits per heavy atom. The van der Waals surface area contributed by atoms with Crippen LogP contribution in [0.15, 0.2) is 6.20 Å². The number of carboxylic acids is 1.